The van der Waals surface area contributed by atoms with E-state index in [4.69, 9.17) is 0 Å². The van der Waals surface area contributed by atoms with Crippen molar-refractivity contribution in [3.8, 4) is 0 Å². The maximum absolute atomic E-state index is 12.4. The highest BCUT2D eigenvalue weighted by Gasteiger charge is 2.32. The third-order valence-corrected chi connectivity index (χ3v) is 3.44. The summed E-state index contributed by atoms with van der Waals surface area (Å²) in [6, 6.07) is 3.85. The van der Waals surface area contributed by atoms with Crippen LogP contribution < -0.4 is 10.2 Å². The SMILES string of the molecule is CCCNc1cc(N2CCN(CC(F)(F)F)CC2)ccn1. The van der Waals surface area contributed by atoms with Gasteiger partial charge in [-0.05, 0) is 12.5 Å². The largest absolute Gasteiger partial charge is 0.401 e. The third kappa shape index (κ3) is 5.08. The van der Waals surface area contributed by atoms with E-state index in [0.29, 0.717) is 26.2 Å². The number of hydrogen-bond donors (Lipinski definition) is 1. The maximum Gasteiger partial charge on any atom is 0.401 e. The standard InChI is InChI=1S/C14H21F3N4/c1-2-4-18-13-10-12(3-5-19-13)21-8-6-20(7-9-21)11-14(15,16)17/h3,5,10H,2,4,6-9,11H2,1H3,(H,18,19). The molecule has 4 nitrogen and oxygen atoms in total. The zero-order valence-electron chi connectivity index (χ0n) is 12.2. The van der Waals surface area contributed by atoms with Crippen LogP contribution in [-0.2, 0) is 0 Å². The minimum absolute atomic E-state index is 0.430. The smallest absolute Gasteiger partial charge is 0.370 e. The predicted molar refractivity (Wildman–Crippen MR) is 77.7 cm³/mol. The molecule has 2 heterocycles. The van der Waals surface area contributed by atoms with E-state index in [1.807, 2.05) is 12.1 Å². The topological polar surface area (TPSA) is 31.4 Å². The lowest BCUT2D eigenvalue weighted by atomic mass is 10.2. The van der Waals surface area contributed by atoms with Crippen LogP contribution in [0, 0.1) is 0 Å². The Bertz CT molecular complexity index is 442. The molecule has 1 aromatic rings. The lowest BCUT2D eigenvalue weighted by Crippen LogP contribution is -2.49. The Morgan fingerprint density at radius 2 is 1.95 bits per heavy atom. The molecular formula is C14H21F3N4. The molecule has 21 heavy (non-hydrogen) atoms. The number of alkyl halides is 3. The van der Waals surface area contributed by atoms with Gasteiger partial charge < -0.3 is 10.2 Å². The van der Waals surface area contributed by atoms with Crippen molar-refractivity contribution in [2.75, 3.05) is 49.5 Å². The van der Waals surface area contributed by atoms with E-state index in [9.17, 15) is 13.2 Å². The van der Waals surface area contributed by atoms with Crippen LogP contribution in [0.3, 0.4) is 0 Å². The molecule has 1 aliphatic rings. The van der Waals surface area contributed by atoms with Crippen LogP contribution >= 0.6 is 0 Å². The third-order valence-electron chi connectivity index (χ3n) is 3.44. The molecule has 0 spiro atoms. The molecule has 2 rings (SSSR count). The van der Waals surface area contributed by atoms with E-state index in [1.54, 1.807) is 6.20 Å². The van der Waals surface area contributed by atoms with Crippen molar-refractivity contribution in [2.24, 2.45) is 0 Å². The van der Waals surface area contributed by atoms with E-state index in [0.717, 1.165) is 24.5 Å². The molecule has 7 heteroatoms. The van der Waals surface area contributed by atoms with Gasteiger partial charge in [-0.15, -0.1) is 0 Å². The van der Waals surface area contributed by atoms with Gasteiger partial charge in [-0.25, -0.2) is 4.98 Å². The van der Waals surface area contributed by atoms with Gasteiger partial charge in [-0.3, -0.25) is 4.90 Å². The lowest BCUT2D eigenvalue weighted by molar-refractivity contribution is -0.146. The number of piperazine rings is 1. The summed E-state index contributed by atoms with van der Waals surface area (Å²) in [6.07, 6.45) is -1.37. The first-order chi connectivity index (χ1) is 9.98. The molecule has 0 saturated carbocycles. The van der Waals surface area contributed by atoms with Crippen LogP contribution in [0.15, 0.2) is 18.3 Å². The molecule has 0 aliphatic carbocycles. The van der Waals surface area contributed by atoms with Crippen molar-refractivity contribution in [2.45, 2.75) is 19.5 Å². The van der Waals surface area contributed by atoms with Crippen LogP contribution in [0.2, 0.25) is 0 Å². The average molecular weight is 302 g/mol. The van der Waals surface area contributed by atoms with Gasteiger partial charge in [0.25, 0.3) is 0 Å². The van der Waals surface area contributed by atoms with Gasteiger partial charge in [-0.2, -0.15) is 13.2 Å². The normalized spacial score (nSPS) is 17.0. The van der Waals surface area contributed by atoms with Gasteiger partial charge in [0.15, 0.2) is 0 Å². The second-order valence-electron chi connectivity index (χ2n) is 5.20. The average Bonchev–Trinajstić information content (AvgIpc) is 2.44. The molecule has 0 aromatic carbocycles. The Morgan fingerprint density at radius 1 is 1.24 bits per heavy atom. The van der Waals surface area contributed by atoms with E-state index in [2.05, 4.69) is 22.1 Å². The van der Waals surface area contributed by atoms with Crippen molar-refractivity contribution < 1.29 is 13.2 Å². The Balaban J connectivity index is 1.90. The maximum atomic E-state index is 12.4. The molecule has 0 atom stereocenters. The molecular weight excluding hydrogens is 281 g/mol. The highest BCUT2D eigenvalue weighted by Crippen LogP contribution is 2.21. The summed E-state index contributed by atoms with van der Waals surface area (Å²) >= 11 is 0. The number of anilines is 2. The predicted octanol–water partition coefficient (Wildman–Crippen LogP) is 2.59. The molecule has 0 unspecified atom stereocenters. The summed E-state index contributed by atoms with van der Waals surface area (Å²) in [5, 5.41) is 3.22. The van der Waals surface area contributed by atoms with Crippen molar-refractivity contribution in [1.29, 1.82) is 0 Å². The summed E-state index contributed by atoms with van der Waals surface area (Å²) in [6.45, 7) is 4.19. The molecule has 118 valence electrons. The van der Waals surface area contributed by atoms with Crippen LogP contribution in [0.5, 0.6) is 0 Å². The number of aromatic nitrogens is 1. The molecule has 0 amide bonds. The fourth-order valence-corrected chi connectivity index (χ4v) is 2.38. The number of pyridine rings is 1. The minimum Gasteiger partial charge on any atom is -0.370 e. The van der Waals surface area contributed by atoms with Crippen LogP contribution in [0.25, 0.3) is 0 Å². The molecule has 0 radical (unpaired) electrons. The molecule has 1 saturated heterocycles. The number of nitrogens with one attached hydrogen (secondary N) is 1. The summed E-state index contributed by atoms with van der Waals surface area (Å²) in [7, 11) is 0. The first kappa shape index (κ1) is 15.9. The first-order valence-electron chi connectivity index (χ1n) is 7.22. The quantitative estimate of drug-likeness (QED) is 0.906. The zero-order valence-corrected chi connectivity index (χ0v) is 12.2. The fourth-order valence-electron chi connectivity index (χ4n) is 2.38. The molecule has 1 aromatic heterocycles. The second kappa shape index (κ2) is 6.98. The molecule has 1 fully saturated rings. The van der Waals surface area contributed by atoms with Crippen molar-refractivity contribution in [3.63, 3.8) is 0 Å². The monoisotopic (exact) mass is 302 g/mol. The summed E-state index contributed by atoms with van der Waals surface area (Å²) < 4.78 is 37.1. The summed E-state index contributed by atoms with van der Waals surface area (Å²) in [5.41, 5.74) is 1.01. The molecule has 1 aliphatic heterocycles. The lowest BCUT2D eigenvalue weighted by Gasteiger charge is -2.36. The number of rotatable bonds is 5. The van der Waals surface area contributed by atoms with Crippen LogP contribution in [0.4, 0.5) is 24.7 Å². The Labute approximate surface area is 122 Å². The molecule has 1 N–H and O–H groups in total. The second-order valence-corrected chi connectivity index (χ2v) is 5.20. The summed E-state index contributed by atoms with van der Waals surface area (Å²) in [4.78, 5) is 7.79. The van der Waals surface area contributed by atoms with E-state index >= 15 is 0 Å². The first-order valence-corrected chi connectivity index (χ1v) is 7.22. The van der Waals surface area contributed by atoms with Crippen LogP contribution in [-0.4, -0.2) is 55.3 Å². The molecule has 0 bridgehead atoms. The highest BCUT2D eigenvalue weighted by molar-refractivity contribution is 5.54. The van der Waals surface area contributed by atoms with Gasteiger partial charge in [-0.1, -0.05) is 6.92 Å². The van der Waals surface area contributed by atoms with E-state index in [-0.39, 0.29) is 0 Å². The van der Waals surface area contributed by atoms with Gasteiger partial charge in [0.1, 0.15) is 5.82 Å². The van der Waals surface area contributed by atoms with Crippen molar-refractivity contribution >= 4 is 11.5 Å². The Kier molecular flexibility index (Phi) is 5.27. The fraction of sp³-hybridized carbons (Fsp3) is 0.643. The van der Waals surface area contributed by atoms with Gasteiger partial charge in [0.2, 0.25) is 0 Å². The van der Waals surface area contributed by atoms with Gasteiger partial charge >= 0.3 is 6.18 Å². The number of hydrogen-bond acceptors (Lipinski definition) is 4. The van der Waals surface area contributed by atoms with Crippen molar-refractivity contribution in [3.05, 3.63) is 18.3 Å². The van der Waals surface area contributed by atoms with Crippen LogP contribution in [0.1, 0.15) is 13.3 Å². The number of nitrogens with zero attached hydrogens (tertiary/aromatic N) is 3. The van der Waals surface area contributed by atoms with Gasteiger partial charge in [0.05, 0.1) is 6.54 Å². The zero-order chi connectivity index (χ0) is 15.3. The van der Waals surface area contributed by atoms with E-state index < -0.39 is 12.7 Å². The van der Waals surface area contributed by atoms with Crippen molar-refractivity contribution in [1.82, 2.24) is 9.88 Å². The van der Waals surface area contributed by atoms with E-state index in [1.165, 1.54) is 4.90 Å². The minimum atomic E-state index is -4.12. The Morgan fingerprint density at radius 3 is 2.57 bits per heavy atom. The van der Waals surface area contributed by atoms with Gasteiger partial charge in [0, 0.05) is 50.7 Å². The summed E-state index contributed by atoms with van der Waals surface area (Å²) in [5.74, 6) is 0.812. The Hall–Kier alpha value is -1.50. The number of halogens is 3. The highest BCUT2D eigenvalue weighted by atomic mass is 19.4.